The fourth-order valence-corrected chi connectivity index (χ4v) is 1.49. The predicted molar refractivity (Wildman–Crippen MR) is 61.7 cm³/mol. The predicted octanol–water partition coefficient (Wildman–Crippen LogP) is 2.62. The number of hydrogen-bond donors (Lipinski definition) is 0. The monoisotopic (exact) mass is 216 g/mol. The van der Waals surface area contributed by atoms with E-state index in [0.717, 1.165) is 11.3 Å². The molecule has 0 fully saturated rings. The fraction of sp³-hybridized carbons (Fsp3) is 0.154. The summed E-state index contributed by atoms with van der Waals surface area (Å²) >= 11 is 0. The second-order valence-electron chi connectivity index (χ2n) is 3.48. The van der Waals surface area contributed by atoms with Crippen molar-refractivity contribution in [1.82, 2.24) is 0 Å². The number of rotatable bonds is 2. The van der Waals surface area contributed by atoms with Crippen LogP contribution in [0.25, 0.3) is 11.1 Å². The third kappa shape index (κ3) is 1.98. The summed E-state index contributed by atoms with van der Waals surface area (Å²) in [6.07, 6.45) is 0. The van der Waals surface area contributed by atoms with Crippen molar-refractivity contribution in [2.45, 2.75) is 6.92 Å². The molecule has 82 valence electrons. The van der Waals surface area contributed by atoms with Gasteiger partial charge in [0.2, 0.25) is 0 Å². The third-order valence-electron chi connectivity index (χ3n) is 2.36. The van der Waals surface area contributed by atoms with E-state index in [1.165, 1.54) is 0 Å². The summed E-state index contributed by atoms with van der Waals surface area (Å²) in [7, 11) is 1.61. The highest BCUT2D eigenvalue weighted by molar-refractivity contribution is 5.62. The van der Waals surface area contributed by atoms with Gasteiger partial charge in [0.1, 0.15) is 11.5 Å². The van der Waals surface area contributed by atoms with Crippen molar-refractivity contribution in [3.8, 4) is 16.9 Å². The first-order valence-electron chi connectivity index (χ1n) is 4.96. The van der Waals surface area contributed by atoms with Crippen molar-refractivity contribution in [1.29, 1.82) is 0 Å². The summed E-state index contributed by atoms with van der Waals surface area (Å²) in [5.41, 5.74) is 1.08. The van der Waals surface area contributed by atoms with Crippen LogP contribution in [-0.2, 0) is 0 Å². The van der Waals surface area contributed by atoms with E-state index in [9.17, 15) is 4.79 Å². The molecule has 0 aliphatic rings. The number of aryl methyl sites for hydroxylation is 1. The molecule has 0 N–H and O–H groups in total. The summed E-state index contributed by atoms with van der Waals surface area (Å²) < 4.78 is 10.1. The highest BCUT2D eigenvalue weighted by Crippen LogP contribution is 2.19. The van der Waals surface area contributed by atoms with Gasteiger partial charge in [-0.3, -0.25) is 0 Å². The van der Waals surface area contributed by atoms with Crippen molar-refractivity contribution in [3.63, 3.8) is 0 Å². The van der Waals surface area contributed by atoms with Gasteiger partial charge >= 0.3 is 5.63 Å². The first-order chi connectivity index (χ1) is 7.70. The average Bonchev–Trinajstić information content (AvgIpc) is 2.29. The minimum absolute atomic E-state index is 0.315. The summed E-state index contributed by atoms with van der Waals surface area (Å²) in [5, 5.41) is 0. The zero-order valence-electron chi connectivity index (χ0n) is 9.19. The highest BCUT2D eigenvalue weighted by atomic mass is 16.5. The van der Waals surface area contributed by atoms with Crippen LogP contribution >= 0.6 is 0 Å². The van der Waals surface area contributed by atoms with Crippen LogP contribution in [-0.4, -0.2) is 7.11 Å². The van der Waals surface area contributed by atoms with Crippen LogP contribution in [0, 0.1) is 6.92 Å². The number of benzene rings is 1. The lowest BCUT2D eigenvalue weighted by Crippen LogP contribution is -2.02. The molecule has 0 spiro atoms. The molecule has 2 aromatic rings. The van der Waals surface area contributed by atoms with Crippen LogP contribution in [0.3, 0.4) is 0 Å². The highest BCUT2D eigenvalue weighted by Gasteiger charge is 2.04. The summed E-state index contributed by atoms with van der Waals surface area (Å²) in [6.45, 7) is 1.75. The van der Waals surface area contributed by atoms with Gasteiger partial charge in [-0.2, -0.15) is 0 Å². The lowest BCUT2D eigenvalue weighted by molar-refractivity contribution is 0.415. The van der Waals surface area contributed by atoms with E-state index in [-0.39, 0.29) is 5.63 Å². The molecule has 0 radical (unpaired) electrons. The van der Waals surface area contributed by atoms with Crippen molar-refractivity contribution >= 4 is 0 Å². The van der Waals surface area contributed by atoms with Crippen LogP contribution in [0.15, 0.2) is 45.6 Å². The Morgan fingerprint density at radius 3 is 2.31 bits per heavy atom. The van der Waals surface area contributed by atoms with Gasteiger partial charge in [-0.05, 0) is 36.8 Å². The molecule has 3 nitrogen and oxygen atoms in total. The molecule has 0 saturated carbocycles. The van der Waals surface area contributed by atoms with Gasteiger partial charge in [0, 0.05) is 0 Å². The molecule has 0 bridgehead atoms. The van der Waals surface area contributed by atoms with Gasteiger partial charge in [0.25, 0.3) is 0 Å². The Balaban J connectivity index is 2.46. The Morgan fingerprint density at radius 1 is 1.06 bits per heavy atom. The molecule has 0 amide bonds. The van der Waals surface area contributed by atoms with Crippen molar-refractivity contribution in [3.05, 3.63) is 52.6 Å². The molecule has 1 aromatic heterocycles. The second kappa shape index (κ2) is 4.23. The van der Waals surface area contributed by atoms with Crippen LogP contribution in [0.1, 0.15) is 5.76 Å². The van der Waals surface area contributed by atoms with Gasteiger partial charge in [-0.25, -0.2) is 4.79 Å². The fourth-order valence-electron chi connectivity index (χ4n) is 1.49. The van der Waals surface area contributed by atoms with Crippen molar-refractivity contribution < 1.29 is 9.15 Å². The summed E-state index contributed by atoms with van der Waals surface area (Å²) in [5.74, 6) is 1.38. The molecule has 0 aliphatic carbocycles. The summed E-state index contributed by atoms with van der Waals surface area (Å²) in [6, 6.07) is 10.8. The minimum atomic E-state index is -0.315. The van der Waals surface area contributed by atoms with Gasteiger partial charge in [-0.1, -0.05) is 12.1 Å². The quantitative estimate of drug-likeness (QED) is 0.774. The lowest BCUT2D eigenvalue weighted by atomic mass is 10.1. The maximum atomic E-state index is 11.6. The topological polar surface area (TPSA) is 39.4 Å². The molecule has 3 heteroatoms. The minimum Gasteiger partial charge on any atom is -0.497 e. The Kier molecular flexibility index (Phi) is 2.77. The standard InChI is InChI=1S/C13H12O3/c1-9-3-8-12(13(14)16-9)10-4-6-11(15-2)7-5-10/h3-8H,1-2H3. The SMILES string of the molecule is COc1ccc(-c2ccc(C)oc2=O)cc1. The molecular formula is C13H12O3. The van der Waals surface area contributed by atoms with E-state index in [4.69, 9.17) is 9.15 Å². The Bertz CT molecular complexity index is 538. The van der Waals surface area contributed by atoms with Crippen LogP contribution in [0.5, 0.6) is 5.75 Å². The Hall–Kier alpha value is -2.03. The van der Waals surface area contributed by atoms with E-state index in [1.54, 1.807) is 26.2 Å². The van der Waals surface area contributed by atoms with E-state index >= 15 is 0 Å². The summed E-state index contributed by atoms with van der Waals surface area (Å²) in [4.78, 5) is 11.6. The molecule has 1 aromatic carbocycles. The van der Waals surface area contributed by atoms with E-state index in [2.05, 4.69) is 0 Å². The Labute approximate surface area is 93.3 Å². The smallest absolute Gasteiger partial charge is 0.343 e. The Morgan fingerprint density at radius 2 is 1.75 bits per heavy atom. The number of hydrogen-bond acceptors (Lipinski definition) is 3. The average molecular weight is 216 g/mol. The first-order valence-corrected chi connectivity index (χ1v) is 4.96. The molecular weight excluding hydrogens is 204 g/mol. The van der Waals surface area contributed by atoms with Gasteiger partial charge < -0.3 is 9.15 Å². The molecule has 0 unspecified atom stereocenters. The molecule has 16 heavy (non-hydrogen) atoms. The normalized spacial score (nSPS) is 10.1. The van der Waals surface area contributed by atoms with Crippen LogP contribution in [0.2, 0.25) is 0 Å². The molecule has 2 rings (SSSR count). The van der Waals surface area contributed by atoms with E-state index in [1.807, 2.05) is 24.3 Å². The lowest BCUT2D eigenvalue weighted by Gasteiger charge is -2.02. The van der Waals surface area contributed by atoms with Crippen molar-refractivity contribution in [2.75, 3.05) is 7.11 Å². The molecule has 1 heterocycles. The zero-order valence-corrected chi connectivity index (χ0v) is 9.19. The van der Waals surface area contributed by atoms with Crippen molar-refractivity contribution in [2.24, 2.45) is 0 Å². The van der Waals surface area contributed by atoms with E-state index in [0.29, 0.717) is 11.3 Å². The third-order valence-corrected chi connectivity index (χ3v) is 2.36. The number of ether oxygens (including phenoxy) is 1. The maximum Gasteiger partial charge on any atom is 0.343 e. The van der Waals surface area contributed by atoms with Gasteiger partial charge in [0.15, 0.2) is 0 Å². The van der Waals surface area contributed by atoms with Crippen LogP contribution < -0.4 is 10.4 Å². The molecule has 0 aliphatic heterocycles. The second-order valence-corrected chi connectivity index (χ2v) is 3.48. The van der Waals surface area contributed by atoms with E-state index < -0.39 is 0 Å². The van der Waals surface area contributed by atoms with Crippen LogP contribution in [0.4, 0.5) is 0 Å². The zero-order chi connectivity index (χ0) is 11.5. The maximum absolute atomic E-state index is 11.6. The molecule has 0 saturated heterocycles. The largest absolute Gasteiger partial charge is 0.497 e. The van der Waals surface area contributed by atoms with Gasteiger partial charge in [0.05, 0.1) is 12.7 Å². The van der Waals surface area contributed by atoms with Gasteiger partial charge in [-0.15, -0.1) is 0 Å². The number of methoxy groups -OCH3 is 1. The molecule has 0 atom stereocenters. The first kappa shape index (κ1) is 10.5.